The highest BCUT2D eigenvalue weighted by molar-refractivity contribution is 7.87. The molecular weight excluding hydrogens is 286 g/mol. The second-order valence-corrected chi connectivity index (χ2v) is 5.90. The molecule has 0 aromatic heterocycles. The average molecular weight is 298 g/mol. The van der Waals surface area contributed by atoms with Gasteiger partial charge in [-0.2, -0.15) is 8.42 Å². The Balaban J connectivity index is 2.43. The van der Waals surface area contributed by atoms with Crippen molar-refractivity contribution < 1.29 is 21.4 Å². The lowest BCUT2D eigenvalue weighted by molar-refractivity contribution is 0.473. The minimum Gasteiger partial charge on any atom is -0.379 e. The average Bonchev–Trinajstić information content (AvgIpc) is 2.33. The van der Waals surface area contributed by atoms with Gasteiger partial charge < -0.3 is 4.18 Å². The summed E-state index contributed by atoms with van der Waals surface area (Å²) in [4.78, 5) is -0.695. The minimum absolute atomic E-state index is 0.119. The first-order chi connectivity index (χ1) is 9.29. The zero-order valence-electron chi connectivity index (χ0n) is 10.9. The molecule has 0 aliphatic carbocycles. The van der Waals surface area contributed by atoms with Gasteiger partial charge in [-0.3, -0.25) is 0 Å². The van der Waals surface area contributed by atoms with Gasteiger partial charge in [0.15, 0.2) is 0 Å². The van der Waals surface area contributed by atoms with Crippen LogP contribution >= 0.6 is 0 Å². The van der Waals surface area contributed by atoms with E-state index in [1.807, 2.05) is 0 Å². The lowest BCUT2D eigenvalue weighted by Crippen LogP contribution is -2.12. The van der Waals surface area contributed by atoms with Gasteiger partial charge in [0.25, 0.3) is 0 Å². The molecule has 3 nitrogen and oxygen atoms in total. The summed E-state index contributed by atoms with van der Waals surface area (Å²) in [5.74, 6) is -1.92. The van der Waals surface area contributed by atoms with Gasteiger partial charge in [0, 0.05) is 6.07 Å². The second kappa shape index (κ2) is 5.20. The predicted octanol–water partition coefficient (Wildman–Crippen LogP) is 3.35. The number of halogens is 2. The fourth-order valence-corrected chi connectivity index (χ4v) is 2.68. The van der Waals surface area contributed by atoms with Crippen LogP contribution in [0.1, 0.15) is 11.1 Å². The van der Waals surface area contributed by atoms with Gasteiger partial charge in [0.2, 0.25) is 0 Å². The Morgan fingerprint density at radius 3 is 2.35 bits per heavy atom. The summed E-state index contributed by atoms with van der Waals surface area (Å²) in [5, 5.41) is 0. The van der Waals surface area contributed by atoms with Gasteiger partial charge in [0.1, 0.15) is 22.3 Å². The molecule has 0 saturated carbocycles. The first kappa shape index (κ1) is 14.5. The normalized spacial score (nSPS) is 11.4. The van der Waals surface area contributed by atoms with Crippen LogP contribution < -0.4 is 4.18 Å². The van der Waals surface area contributed by atoms with Gasteiger partial charge in [-0.1, -0.05) is 12.1 Å². The molecule has 0 amide bonds. The van der Waals surface area contributed by atoms with Gasteiger partial charge in [-0.25, -0.2) is 8.78 Å². The van der Waals surface area contributed by atoms with Crippen LogP contribution in [-0.2, 0) is 10.1 Å². The monoisotopic (exact) mass is 298 g/mol. The molecule has 2 aromatic rings. The Hall–Kier alpha value is -1.95. The van der Waals surface area contributed by atoms with Crippen molar-refractivity contribution in [2.24, 2.45) is 0 Å². The molecule has 0 spiro atoms. The van der Waals surface area contributed by atoms with E-state index >= 15 is 0 Å². The van der Waals surface area contributed by atoms with Gasteiger partial charge >= 0.3 is 10.1 Å². The molecule has 0 fully saturated rings. The summed E-state index contributed by atoms with van der Waals surface area (Å²) in [5.41, 5.74) is 1.40. The Morgan fingerprint density at radius 1 is 1.00 bits per heavy atom. The molecule has 0 heterocycles. The Kier molecular flexibility index (Phi) is 3.76. The highest BCUT2D eigenvalue weighted by Crippen LogP contribution is 2.25. The second-order valence-electron chi connectivity index (χ2n) is 4.38. The van der Waals surface area contributed by atoms with Gasteiger partial charge in [-0.05, 0) is 43.2 Å². The van der Waals surface area contributed by atoms with Crippen LogP contribution in [0.2, 0.25) is 0 Å². The molecular formula is C14H12F2O3S. The van der Waals surface area contributed by atoms with Crippen molar-refractivity contribution in [2.45, 2.75) is 18.7 Å². The van der Waals surface area contributed by atoms with Crippen LogP contribution in [-0.4, -0.2) is 8.42 Å². The summed E-state index contributed by atoms with van der Waals surface area (Å²) >= 11 is 0. The van der Waals surface area contributed by atoms with E-state index in [1.165, 1.54) is 6.07 Å². The van der Waals surface area contributed by atoms with Gasteiger partial charge in [0.05, 0.1) is 0 Å². The number of aryl methyl sites for hydroxylation is 2. The zero-order valence-corrected chi connectivity index (χ0v) is 11.7. The third-order valence-electron chi connectivity index (χ3n) is 2.71. The highest BCUT2D eigenvalue weighted by Gasteiger charge is 2.22. The molecule has 0 bridgehead atoms. The van der Waals surface area contributed by atoms with Crippen LogP contribution in [0.25, 0.3) is 0 Å². The topological polar surface area (TPSA) is 43.4 Å². The molecule has 0 saturated heterocycles. The van der Waals surface area contributed by atoms with Crippen LogP contribution in [0.15, 0.2) is 41.3 Å². The fraction of sp³-hybridized carbons (Fsp3) is 0.143. The van der Waals surface area contributed by atoms with Crippen molar-refractivity contribution in [1.82, 2.24) is 0 Å². The minimum atomic E-state index is -4.34. The molecule has 20 heavy (non-hydrogen) atoms. The Labute approximate surface area is 115 Å². The Morgan fingerprint density at radius 2 is 1.70 bits per heavy atom. The van der Waals surface area contributed by atoms with Crippen molar-refractivity contribution in [3.63, 3.8) is 0 Å². The molecule has 6 heteroatoms. The summed E-state index contributed by atoms with van der Waals surface area (Å²) in [6.07, 6.45) is 0. The molecule has 0 aliphatic rings. The first-order valence-electron chi connectivity index (χ1n) is 5.76. The van der Waals surface area contributed by atoms with E-state index in [0.29, 0.717) is 11.6 Å². The lowest BCUT2D eigenvalue weighted by atomic mass is 10.1. The summed E-state index contributed by atoms with van der Waals surface area (Å²) in [7, 11) is -4.34. The van der Waals surface area contributed by atoms with Gasteiger partial charge in [-0.15, -0.1) is 0 Å². The molecule has 0 atom stereocenters. The van der Waals surface area contributed by atoms with Crippen LogP contribution in [0.3, 0.4) is 0 Å². The molecule has 0 radical (unpaired) electrons. The fourth-order valence-electron chi connectivity index (χ4n) is 1.64. The van der Waals surface area contributed by atoms with Crippen LogP contribution in [0, 0.1) is 25.5 Å². The van der Waals surface area contributed by atoms with Crippen molar-refractivity contribution >= 4 is 10.1 Å². The number of benzene rings is 2. The van der Waals surface area contributed by atoms with E-state index in [9.17, 15) is 17.2 Å². The smallest absolute Gasteiger partial charge is 0.342 e. The molecule has 0 unspecified atom stereocenters. The lowest BCUT2D eigenvalue weighted by Gasteiger charge is -2.10. The van der Waals surface area contributed by atoms with E-state index in [4.69, 9.17) is 4.18 Å². The van der Waals surface area contributed by atoms with E-state index in [0.717, 1.165) is 17.7 Å². The maximum Gasteiger partial charge on any atom is 0.342 e. The highest BCUT2D eigenvalue weighted by atomic mass is 32.2. The maximum absolute atomic E-state index is 13.5. The van der Waals surface area contributed by atoms with Crippen molar-refractivity contribution in [3.05, 3.63) is 59.2 Å². The van der Waals surface area contributed by atoms with E-state index in [1.54, 1.807) is 26.0 Å². The summed E-state index contributed by atoms with van der Waals surface area (Å²) in [6, 6.07) is 7.23. The summed E-state index contributed by atoms with van der Waals surface area (Å²) in [6.45, 7) is 3.45. The first-order valence-corrected chi connectivity index (χ1v) is 7.17. The summed E-state index contributed by atoms with van der Waals surface area (Å²) < 4.78 is 55.3. The molecule has 0 aliphatic heterocycles. The number of hydrogen-bond acceptors (Lipinski definition) is 3. The molecule has 2 rings (SSSR count). The third-order valence-corrected chi connectivity index (χ3v) is 3.98. The van der Waals surface area contributed by atoms with Crippen molar-refractivity contribution in [3.8, 4) is 5.75 Å². The van der Waals surface area contributed by atoms with E-state index < -0.39 is 26.6 Å². The zero-order chi connectivity index (χ0) is 14.9. The Bertz CT molecular complexity index is 755. The predicted molar refractivity (Wildman–Crippen MR) is 70.1 cm³/mol. The standard InChI is InChI=1S/C14H12F2O3S/c1-9-3-4-10(2)13(7-9)19-20(17,18)14-6-5-11(15)8-12(14)16/h3-8H,1-2H3. The quantitative estimate of drug-likeness (QED) is 0.816. The molecule has 0 N–H and O–H groups in total. The van der Waals surface area contributed by atoms with Crippen LogP contribution in [0.5, 0.6) is 5.75 Å². The van der Waals surface area contributed by atoms with Crippen molar-refractivity contribution in [2.75, 3.05) is 0 Å². The molecule has 106 valence electrons. The van der Waals surface area contributed by atoms with E-state index in [-0.39, 0.29) is 5.75 Å². The van der Waals surface area contributed by atoms with Crippen LogP contribution in [0.4, 0.5) is 8.78 Å². The third kappa shape index (κ3) is 2.96. The SMILES string of the molecule is Cc1ccc(C)c(OS(=O)(=O)c2ccc(F)cc2F)c1. The molecule has 2 aromatic carbocycles. The van der Waals surface area contributed by atoms with Crippen molar-refractivity contribution in [1.29, 1.82) is 0 Å². The number of rotatable bonds is 3. The number of hydrogen-bond donors (Lipinski definition) is 0. The van der Waals surface area contributed by atoms with E-state index in [2.05, 4.69) is 0 Å². The maximum atomic E-state index is 13.5. The largest absolute Gasteiger partial charge is 0.379 e.